The lowest BCUT2D eigenvalue weighted by molar-refractivity contribution is 0.555. The lowest BCUT2D eigenvalue weighted by atomic mass is 10.2. The molecule has 4 nitrogen and oxygen atoms in total. The zero-order valence-corrected chi connectivity index (χ0v) is 14.7. The first-order valence-corrected chi connectivity index (χ1v) is 10.0. The van der Waals surface area contributed by atoms with Crippen LogP contribution in [0.3, 0.4) is 0 Å². The van der Waals surface area contributed by atoms with E-state index in [-0.39, 0.29) is 6.04 Å². The Morgan fingerprint density at radius 3 is 2.62 bits per heavy atom. The van der Waals surface area contributed by atoms with Gasteiger partial charge in [-0.1, -0.05) is 32.0 Å². The Labute approximate surface area is 133 Å². The molecule has 120 valence electrons. The van der Waals surface area contributed by atoms with Gasteiger partial charge < -0.3 is 5.32 Å². The van der Waals surface area contributed by atoms with Crippen molar-refractivity contribution >= 4 is 21.8 Å². The molecule has 6 heteroatoms. The smallest absolute Gasteiger partial charge is 0.241 e. The molecule has 0 saturated heterocycles. The summed E-state index contributed by atoms with van der Waals surface area (Å²) in [6.07, 6.45) is 0.840. The summed E-state index contributed by atoms with van der Waals surface area (Å²) in [5.74, 6) is 2.03. The highest BCUT2D eigenvalue weighted by Gasteiger charge is 2.20. The van der Waals surface area contributed by atoms with E-state index in [1.807, 2.05) is 37.7 Å². The maximum absolute atomic E-state index is 12.5. The van der Waals surface area contributed by atoms with Crippen LogP contribution in [0, 0.1) is 0 Å². The molecule has 0 saturated carbocycles. The summed E-state index contributed by atoms with van der Waals surface area (Å²) >= 11 is 1.83. The third kappa shape index (κ3) is 6.38. The van der Waals surface area contributed by atoms with Gasteiger partial charge in [-0.05, 0) is 43.0 Å². The Morgan fingerprint density at radius 1 is 1.24 bits per heavy atom. The van der Waals surface area contributed by atoms with Gasteiger partial charge in [0.1, 0.15) is 0 Å². The van der Waals surface area contributed by atoms with Gasteiger partial charge in [0.25, 0.3) is 0 Å². The van der Waals surface area contributed by atoms with E-state index < -0.39 is 10.0 Å². The predicted molar refractivity (Wildman–Crippen MR) is 91.2 cm³/mol. The van der Waals surface area contributed by atoms with Crippen LogP contribution in [0.5, 0.6) is 0 Å². The summed E-state index contributed by atoms with van der Waals surface area (Å²) in [7, 11) is -3.46. The van der Waals surface area contributed by atoms with Crippen molar-refractivity contribution in [1.82, 2.24) is 10.0 Å². The van der Waals surface area contributed by atoms with Crippen molar-refractivity contribution in [3.05, 3.63) is 29.8 Å². The van der Waals surface area contributed by atoms with Crippen LogP contribution in [0.2, 0.25) is 0 Å². The van der Waals surface area contributed by atoms with E-state index in [0.717, 1.165) is 30.0 Å². The number of sulfonamides is 1. The van der Waals surface area contributed by atoms with Gasteiger partial charge in [-0.15, -0.1) is 0 Å². The van der Waals surface area contributed by atoms with E-state index in [4.69, 9.17) is 0 Å². The fraction of sp³-hybridized carbons (Fsp3) is 0.600. The number of rotatable bonds is 10. The number of nitrogens with one attached hydrogen (secondary N) is 2. The van der Waals surface area contributed by atoms with Gasteiger partial charge in [-0.3, -0.25) is 0 Å². The molecule has 1 aromatic carbocycles. The van der Waals surface area contributed by atoms with Crippen LogP contribution in [-0.2, 0) is 16.6 Å². The average molecular weight is 331 g/mol. The minimum Gasteiger partial charge on any atom is -0.313 e. The third-order valence-corrected chi connectivity index (χ3v) is 5.71. The highest BCUT2D eigenvalue weighted by atomic mass is 32.2. The maximum atomic E-state index is 12.5. The standard InChI is InChI=1S/C15H26N2O2S2/c1-4-16-12-14-8-6-7-9-15(14)21(18,19)17-13(3)10-11-20-5-2/h6-9,13,16-17H,4-5,10-12H2,1-3H3. The molecule has 21 heavy (non-hydrogen) atoms. The lowest BCUT2D eigenvalue weighted by Gasteiger charge is -2.16. The van der Waals surface area contributed by atoms with Gasteiger partial charge in [0.15, 0.2) is 0 Å². The molecule has 0 aliphatic heterocycles. The van der Waals surface area contributed by atoms with E-state index in [1.165, 1.54) is 0 Å². The fourth-order valence-corrected chi connectivity index (χ4v) is 4.29. The molecule has 0 fully saturated rings. The second kappa shape index (κ2) is 9.46. The minimum atomic E-state index is -3.46. The summed E-state index contributed by atoms with van der Waals surface area (Å²) in [6.45, 7) is 7.40. The van der Waals surface area contributed by atoms with Crippen molar-refractivity contribution < 1.29 is 8.42 Å². The molecule has 2 N–H and O–H groups in total. The Bertz CT molecular complexity index is 518. The molecular formula is C15H26N2O2S2. The highest BCUT2D eigenvalue weighted by Crippen LogP contribution is 2.16. The predicted octanol–water partition coefficient (Wildman–Crippen LogP) is 2.61. The summed E-state index contributed by atoms with van der Waals surface area (Å²) < 4.78 is 27.8. The molecular weight excluding hydrogens is 304 g/mol. The molecule has 0 aliphatic rings. The molecule has 0 aromatic heterocycles. The van der Waals surface area contributed by atoms with E-state index in [2.05, 4.69) is 17.0 Å². The van der Waals surface area contributed by atoms with Crippen molar-refractivity contribution in [3.63, 3.8) is 0 Å². The van der Waals surface area contributed by atoms with E-state index in [1.54, 1.807) is 12.1 Å². The van der Waals surface area contributed by atoms with Crippen LogP contribution < -0.4 is 10.0 Å². The molecule has 1 unspecified atom stereocenters. The van der Waals surface area contributed by atoms with Crippen LogP contribution in [0.4, 0.5) is 0 Å². The first-order chi connectivity index (χ1) is 10.0. The highest BCUT2D eigenvalue weighted by molar-refractivity contribution is 7.99. The van der Waals surface area contributed by atoms with Crippen molar-refractivity contribution in [2.24, 2.45) is 0 Å². The molecule has 1 aromatic rings. The number of hydrogen-bond acceptors (Lipinski definition) is 4. The van der Waals surface area contributed by atoms with Crippen molar-refractivity contribution in [1.29, 1.82) is 0 Å². The Kier molecular flexibility index (Phi) is 8.33. The summed E-state index contributed by atoms with van der Waals surface area (Å²) in [6, 6.07) is 7.10. The van der Waals surface area contributed by atoms with Gasteiger partial charge in [-0.2, -0.15) is 11.8 Å². The molecule has 0 bridgehead atoms. The summed E-state index contributed by atoms with van der Waals surface area (Å²) in [4.78, 5) is 0.376. The van der Waals surface area contributed by atoms with Crippen molar-refractivity contribution in [3.8, 4) is 0 Å². The molecule has 1 rings (SSSR count). The second-order valence-electron chi connectivity index (χ2n) is 4.90. The average Bonchev–Trinajstić information content (AvgIpc) is 2.45. The van der Waals surface area contributed by atoms with Crippen molar-refractivity contribution in [2.45, 2.75) is 44.7 Å². The third-order valence-electron chi connectivity index (χ3n) is 3.08. The second-order valence-corrected chi connectivity index (χ2v) is 7.97. The molecule has 0 radical (unpaired) electrons. The van der Waals surface area contributed by atoms with Crippen molar-refractivity contribution in [2.75, 3.05) is 18.1 Å². The zero-order chi connectivity index (χ0) is 15.7. The van der Waals surface area contributed by atoms with Gasteiger partial charge in [-0.25, -0.2) is 13.1 Å². The summed E-state index contributed by atoms with van der Waals surface area (Å²) in [5.41, 5.74) is 0.807. The fourth-order valence-electron chi connectivity index (χ4n) is 1.96. The first kappa shape index (κ1) is 18.5. The molecule has 0 spiro atoms. The van der Waals surface area contributed by atoms with Gasteiger partial charge >= 0.3 is 0 Å². The number of hydrogen-bond donors (Lipinski definition) is 2. The largest absolute Gasteiger partial charge is 0.313 e. The van der Waals surface area contributed by atoms with Gasteiger partial charge in [0.05, 0.1) is 4.90 Å². The van der Waals surface area contributed by atoms with Crippen LogP contribution in [0.1, 0.15) is 32.8 Å². The quantitative estimate of drug-likeness (QED) is 0.648. The van der Waals surface area contributed by atoms with E-state index in [0.29, 0.717) is 11.4 Å². The molecule has 0 heterocycles. The van der Waals surface area contributed by atoms with Gasteiger partial charge in [0, 0.05) is 12.6 Å². The SMILES string of the molecule is CCNCc1ccccc1S(=O)(=O)NC(C)CCSCC. The summed E-state index contributed by atoms with van der Waals surface area (Å²) in [5, 5.41) is 3.18. The normalized spacial score (nSPS) is 13.3. The molecule has 0 amide bonds. The maximum Gasteiger partial charge on any atom is 0.241 e. The Morgan fingerprint density at radius 2 is 1.95 bits per heavy atom. The number of benzene rings is 1. The van der Waals surface area contributed by atoms with Crippen LogP contribution >= 0.6 is 11.8 Å². The Balaban J connectivity index is 2.77. The molecule has 1 atom stereocenters. The van der Waals surface area contributed by atoms with Gasteiger partial charge in [0.2, 0.25) is 10.0 Å². The first-order valence-electron chi connectivity index (χ1n) is 7.40. The number of thioether (sulfide) groups is 1. The van der Waals surface area contributed by atoms with Crippen LogP contribution in [-0.4, -0.2) is 32.5 Å². The topological polar surface area (TPSA) is 58.2 Å². The van der Waals surface area contributed by atoms with E-state index in [9.17, 15) is 8.42 Å². The lowest BCUT2D eigenvalue weighted by Crippen LogP contribution is -2.34. The van der Waals surface area contributed by atoms with Crippen LogP contribution in [0.25, 0.3) is 0 Å². The monoisotopic (exact) mass is 330 g/mol. The molecule has 0 aliphatic carbocycles. The Hall–Kier alpha value is -0.560. The van der Waals surface area contributed by atoms with E-state index >= 15 is 0 Å². The van der Waals surface area contributed by atoms with Crippen LogP contribution in [0.15, 0.2) is 29.2 Å². The minimum absolute atomic E-state index is 0.0544. The zero-order valence-electron chi connectivity index (χ0n) is 13.1.